The number of carbonyl (C=O) groups is 1. The van der Waals surface area contributed by atoms with E-state index in [0.29, 0.717) is 5.92 Å². The summed E-state index contributed by atoms with van der Waals surface area (Å²) >= 11 is 0. The first-order valence-electron chi connectivity index (χ1n) is 12.9. The molecule has 0 spiro atoms. The summed E-state index contributed by atoms with van der Waals surface area (Å²) in [4.78, 5) is 12.7. The van der Waals surface area contributed by atoms with E-state index in [1.807, 2.05) is 12.1 Å². The Bertz CT molecular complexity index is 662. The predicted molar refractivity (Wildman–Crippen MR) is 124 cm³/mol. The van der Waals surface area contributed by atoms with Crippen LogP contribution in [0.3, 0.4) is 0 Å². The molecule has 2 atom stereocenters. The lowest BCUT2D eigenvalue weighted by Crippen LogP contribution is -2.29. The Morgan fingerprint density at radius 1 is 0.700 bits per heavy atom. The number of carbonyl (C=O) groups excluding carboxylic acids is 1. The van der Waals surface area contributed by atoms with Gasteiger partial charge in [-0.3, -0.25) is 4.79 Å². The van der Waals surface area contributed by atoms with E-state index < -0.39 is 0 Å². The molecule has 0 heterocycles. The Hall–Kier alpha value is -1.31. The highest BCUT2D eigenvalue weighted by Gasteiger charge is 2.33. The zero-order chi connectivity index (χ0) is 20.9. The van der Waals surface area contributed by atoms with E-state index in [-0.39, 0.29) is 11.9 Å². The molecule has 0 bridgehead atoms. The van der Waals surface area contributed by atoms with E-state index in [9.17, 15) is 4.79 Å². The average Bonchev–Trinajstić information content (AvgIpc) is 2.99. The van der Waals surface area contributed by atoms with Gasteiger partial charge in [-0.2, -0.15) is 0 Å². The van der Waals surface area contributed by atoms with Crippen molar-refractivity contribution in [1.29, 1.82) is 0 Å². The molecule has 2 nitrogen and oxygen atoms in total. The minimum Gasteiger partial charge on any atom is -0.426 e. The van der Waals surface area contributed by atoms with Crippen LogP contribution in [0.1, 0.15) is 109 Å². The summed E-state index contributed by atoms with van der Waals surface area (Å²) in [6.45, 7) is 4.78. The molecular formula is C28H42O2. The third kappa shape index (κ3) is 5.68. The zero-order valence-corrected chi connectivity index (χ0v) is 19.3. The van der Waals surface area contributed by atoms with Crippen LogP contribution in [0.4, 0.5) is 0 Å². The van der Waals surface area contributed by atoms with Crippen molar-refractivity contribution in [2.75, 3.05) is 0 Å². The summed E-state index contributed by atoms with van der Waals surface area (Å²) in [6.07, 6.45) is 16.8. The van der Waals surface area contributed by atoms with Crippen molar-refractivity contribution in [2.45, 2.75) is 103 Å². The summed E-state index contributed by atoms with van der Waals surface area (Å²) in [5, 5.41) is 0. The van der Waals surface area contributed by atoms with Gasteiger partial charge >= 0.3 is 5.97 Å². The lowest BCUT2D eigenvalue weighted by molar-refractivity contribution is -0.140. The summed E-state index contributed by atoms with van der Waals surface area (Å²) in [5.74, 6) is 5.07. The van der Waals surface area contributed by atoms with Crippen LogP contribution >= 0.6 is 0 Å². The standard InChI is InChI=1S/C28H42O2/c1-20-4-3-5-22(9-6-20)25-16-18-27(19-17-25)30-28(29)26-14-12-24(13-15-26)23-10-7-21(2)8-11-23/h16-24,26H,3-15H2,1-2H3. The van der Waals surface area contributed by atoms with Crippen LogP contribution in [0.2, 0.25) is 0 Å². The lowest BCUT2D eigenvalue weighted by atomic mass is 9.69. The van der Waals surface area contributed by atoms with Crippen molar-refractivity contribution in [1.82, 2.24) is 0 Å². The first-order valence-corrected chi connectivity index (χ1v) is 12.9. The second-order valence-electron chi connectivity index (χ2n) is 10.9. The molecule has 0 radical (unpaired) electrons. The fraction of sp³-hybridized carbons (Fsp3) is 0.750. The Balaban J connectivity index is 1.24. The quantitative estimate of drug-likeness (QED) is 0.286. The molecule has 2 unspecified atom stereocenters. The number of hydrogen-bond donors (Lipinski definition) is 0. The van der Waals surface area contributed by atoms with Crippen molar-refractivity contribution >= 4 is 5.97 Å². The molecule has 1 aromatic carbocycles. The Morgan fingerprint density at radius 3 is 1.93 bits per heavy atom. The van der Waals surface area contributed by atoms with Gasteiger partial charge in [0.25, 0.3) is 0 Å². The van der Waals surface area contributed by atoms with Crippen LogP contribution in [0.25, 0.3) is 0 Å². The summed E-state index contributed by atoms with van der Waals surface area (Å²) in [5.41, 5.74) is 1.42. The predicted octanol–water partition coefficient (Wildman–Crippen LogP) is 7.91. The highest BCUT2D eigenvalue weighted by atomic mass is 16.5. The molecule has 3 aliphatic carbocycles. The molecular weight excluding hydrogens is 368 g/mol. The molecule has 30 heavy (non-hydrogen) atoms. The zero-order valence-electron chi connectivity index (χ0n) is 19.3. The fourth-order valence-electron chi connectivity index (χ4n) is 6.41. The van der Waals surface area contributed by atoms with Crippen LogP contribution in [0.15, 0.2) is 24.3 Å². The molecule has 3 aliphatic rings. The topological polar surface area (TPSA) is 26.3 Å². The first kappa shape index (κ1) is 21.9. The second kappa shape index (κ2) is 10.3. The maximum Gasteiger partial charge on any atom is 0.314 e. The van der Waals surface area contributed by atoms with Crippen molar-refractivity contribution < 1.29 is 9.53 Å². The van der Waals surface area contributed by atoms with E-state index >= 15 is 0 Å². The maximum absolute atomic E-state index is 12.7. The monoisotopic (exact) mass is 410 g/mol. The molecule has 1 aromatic rings. The number of benzene rings is 1. The first-order chi connectivity index (χ1) is 14.6. The largest absolute Gasteiger partial charge is 0.426 e. The van der Waals surface area contributed by atoms with Gasteiger partial charge in [0.15, 0.2) is 0 Å². The van der Waals surface area contributed by atoms with E-state index in [0.717, 1.165) is 42.3 Å². The van der Waals surface area contributed by atoms with Crippen molar-refractivity contribution in [3.63, 3.8) is 0 Å². The van der Waals surface area contributed by atoms with Crippen LogP contribution < -0.4 is 4.74 Å². The summed E-state index contributed by atoms with van der Waals surface area (Å²) in [6, 6.07) is 8.45. The van der Waals surface area contributed by atoms with Gasteiger partial charge in [0.1, 0.15) is 5.75 Å². The van der Waals surface area contributed by atoms with Gasteiger partial charge < -0.3 is 4.74 Å². The van der Waals surface area contributed by atoms with E-state index in [1.165, 1.54) is 76.2 Å². The Morgan fingerprint density at radius 2 is 1.27 bits per heavy atom. The lowest BCUT2D eigenvalue weighted by Gasteiger charge is -2.36. The average molecular weight is 411 g/mol. The van der Waals surface area contributed by atoms with E-state index in [4.69, 9.17) is 4.74 Å². The highest BCUT2D eigenvalue weighted by Crippen LogP contribution is 2.41. The number of rotatable bonds is 4. The van der Waals surface area contributed by atoms with Crippen LogP contribution in [0, 0.1) is 29.6 Å². The van der Waals surface area contributed by atoms with Crippen LogP contribution in [0.5, 0.6) is 5.75 Å². The molecule has 166 valence electrons. The summed E-state index contributed by atoms with van der Waals surface area (Å²) < 4.78 is 5.79. The van der Waals surface area contributed by atoms with Crippen molar-refractivity contribution in [3.8, 4) is 5.75 Å². The SMILES string of the molecule is CC1CCCC(c2ccc(OC(=O)C3CCC(C4CCC(C)CC4)CC3)cc2)CC1. The Kier molecular flexibility index (Phi) is 7.55. The van der Waals surface area contributed by atoms with Crippen LogP contribution in [-0.4, -0.2) is 5.97 Å². The molecule has 0 aliphatic heterocycles. The van der Waals surface area contributed by atoms with Gasteiger partial charge in [0.2, 0.25) is 0 Å². The van der Waals surface area contributed by atoms with Gasteiger partial charge in [-0.25, -0.2) is 0 Å². The van der Waals surface area contributed by atoms with E-state index in [2.05, 4.69) is 26.0 Å². The normalized spacial score (nSPS) is 35.4. The fourth-order valence-corrected chi connectivity index (χ4v) is 6.41. The number of ether oxygens (including phenoxy) is 1. The third-order valence-corrected chi connectivity index (χ3v) is 8.66. The van der Waals surface area contributed by atoms with Crippen molar-refractivity contribution in [3.05, 3.63) is 29.8 Å². The van der Waals surface area contributed by atoms with Crippen molar-refractivity contribution in [2.24, 2.45) is 29.6 Å². The van der Waals surface area contributed by atoms with Gasteiger partial charge in [-0.1, -0.05) is 58.1 Å². The highest BCUT2D eigenvalue weighted by molar-refractivity contribution is 5.75. The smallest absolute Gasteiger partial charge is 0.314 e. The van der Waals surface area contributed by atoms with E-state index in [1.54, 1.807) is 0 Å². The molecule has 3 saturated carbocycles. The number of hydrogen-bond acceptors (Lipinski definition) is 2. The Labute approximate surface area is 184 Å². The molecule has 0 aromatic heterocycles. The van der Waals surface area contributed by atoms with Crippen LogP contribution in [-0.2, 0) is 4.79 Å². The summed E-state index contributed by atoms with van der Waals surface area (Å²) in [7, 11) is 0. The number of esters is 1. The maximum atomic E-state index is 12.7. The third-order valence-electron chi connectivity index (χ3n) is 8.66. The minimum atomic E-state index is 0.00163. The van der Waals surface area contributed by atoms with Gasteiger partial charge in [0, 0.05) is 0 Å². The second-order valence-corrected chi connectivity index (χ2v) is 10.9. The molecule has 0 amide bonds. The van der Waals surface area contributed by atoms with Gasteiger partial charge in [0.05, 0.1) is 5.92 Å². The molecule has 4 rings (SSSR count). The van der Waals surface area contributed by atoms with Gasteiger partial charge in [-0.05, 0) is 98.7 Å². The minimum absolute atomic E-state index is 0.00163. The molecule has 3 fully saturated rings. The molecule has 0 N–H and O–H groups in total. The van der Waals surface area contributed by atoms with Gasteiger partial charge in [-0.15, -0.1) is 0 Å². The molecule has 0 saturated heterocycles. The molecule has 2 heteroatoms.